The van der Waals surface area contributed by atoms with Gasteiger partial charge in [0.25, 0.3) is 0 Å². The second kappa shape index (κ2) is 6.70. The predicted octanol–water partition coefficient (Wildman–Crippen LogP) is 4.75. The van der Waals surface area contributed by atoms with Crippen molar-refractivity contribution in [1.82, 2.24) is 19.7 Å². The van der Waals surface area contributed by atoms with Crippen molar-refractivity contribution < 1.29 is 19.0 Å². The number of aryl methyl sites for hydroxylation is 1. The summed E-state index contributed by atoms with van der Waals surface area (Å²) in [6.45, 7) is 0. The van der Waals surface area contributed by atoms with Crippen molar-refractivity contribution in [2.24, 2.45) is 7.05 Å². The van der Waals surface area contributed by atoms with Gasteiger partial charge in [-0.05, 0) is 36.4 Å². The Labute approximate surface area is 169 Å². The lowest BCUT2D eigenvalue weighted by Crippen LogP contribution is -1.97. The van der Waals surface area contributed by atoms with Crippen molar-refractivity contribution in [3.05, 3.63) is 72.2 Å². The van der Waals surface area contributed by atoms with Gasteiger partial charge in [0.1, 0.15) is 23.0 Å². The highest BCUT2D eigenvalue weighted by atomic mass is 19.1. The Kier molecular flexibility index (Phi) is 3.99. The zero-order valence-corrected chi connectivity index (χ0v) is 15.8. The normalized spacial score (nSPS) is 11.3. The third-order valence-corrected chi connectivity index (χ3v) is 4.86. The molecule has 0 amide bonds. The van der Waals surface area contributed by atoms with Crippen LogP contribution in [0.3, 0.4) is 0 Å². The predicted molar refractivity (Wildman–Crippen MR) is 109 cm³/mol. The van der Waals surface area contributed by atoms with Crippen molar-refractivity contribution in [1.29, 1.82) is 0 Å². The van der Waals surface area contributed by atoms with Gasteiger partial charge in [0, 0.05) is 30.8 Å². The second-order valence-electron chi connectivity index (χ2n) is 6.82. The number of aromatic amines is 1. The first-order valence-electron chi connectivity index (χ1n) is 9.11. The maximum absolute atomic E-state index is 13.4. The molecule has 0 aliphatic heterocycles. The molecule has 3 aromatic heterocycles. The summed E-state index contributed by atoms with van der Waals surface area (Å²) in [6, 6.07) is 14.6. The minimum Gasteiger partial charge on any atom is -0.478 e. The van der Waals surface area contributed by atoms with Crippen LogP contribution in [0, 0.1) is 5.82 Å². The first kappa shape index (κ1) is 17.9. The van der Waals surface area contributed by atoms with Crippen LogP contribution in [0.2, 0.25) is 0 Å². The molecule has 0 fully saturated rings. The number of rotatable bonds is 4. The molecule has 0 aliphatic carbocycles. The second-order valence-corrected chi connectivity index (χ2v) is 6.82. The average molecular weight is 402 g/mol. The number of nitrogens with zero attached hydrogens (tertiary/aromatic N) is 3. The summed E-state index contributed by atoms with van der Waals surface area (Å²) in [5.74, 6) is -0.445. The van der Waals surface area contributed by atoms with Crippen molar-refractivity contribution >= 4 is 27.9 Å². The van der Waals surface area contributed by atoms with Crippen LogP contribution in [0.5, 0.6) is 11.5 Å². The number of carbonyl (C=O) groups is 1. The van der Waals surface area contributed by atoms with Crippen molar-refractivity contribution in [3.63, 3.8) is 0 Å². The van der Waals surface area contributed by atoms with Crippen molar-refractivity contribution in [2.45, 2.75) is 0 Å². The van der Waals surface area contributed by atoms with Gasteiger partial charge in [-0.25, -0.2) is 9.18 Å². The van der Waals surface area contributed by atoms with E-state index in [4.69, 9.17) is 4.74 Å². The molecule has 148 valence electrons. The fraction of sp³-hybridized carbons (Fsp3) is 0.0455. The van der Waals surface area contributed by atoms with Crippen LogP contribution in [0.15, 0.2) is 60.8 Å². The van der Waals surface area contributed by atoms with Crippen LogP contribution >= 0.6 is 0 Å². The van der Waals surface area contributed by atoms with Gasteiger partial charge in [-0.1, -0.05) is 6.07 Å². The fourth-order valence-corrected chi connectivity index (χ4v) is 3.50. The summed E-state index contributed by atoms with van der Waals surface area (Å²) in [5.41, 5.74) is 3.29. The van der Waals surface area contributed by atoms with Gasteiger partial charge < -0.3 is 14.8 Å². The highest BCUT2D eigenvalue weighted by Gasteiger charge is 2.17. The van der Waals surface area contributed by atoms with Gasteiger partial charge in [-0.3, -0.25) is 9.67 Å². The molecule has 5 rings (SSSR count). The molecule has 0 unspecified atom stereocenters. The quantitative estimate of drug-likeness (QED) is 0.453. The molecule has 0 radical (unpaired) electrons. The minimum atomic E-state index is -1.03. The van der Waals surface area contributed by atoms with Crippen molar-refractivity contribution in [3.8, 4) is 22.9 Å². The monoisotopic (exact) mass is 402 g/mol. The number of halogens is 1. The summed E-state index contributed by atoms with van der Waals surface area (Å²) in [7, 11) is 1.81. The van der Waals surface area contributed by atoms with Gasteiger partial charge in [0.2, 0.25) is 0 Å². The lowest BCUT2D eigenvalue weighted by Gasteiger charge is -2.06. The number of carboxylic acids is 1. The van der Waals surface area contributed by atoms with E-state index in [9.17, 15) is 14.3 Å². The van der Waals surface area contributed by atoms with Crippen LogP contribution in [-0.2, 0) is 7.05 Å². The number of fused-ring (bicyclic) bond motifs is 2. The summed E-state index contributed by atoms with van der Waals surface area (Å²) in [4.78, 5) is 18.9. The molecule has 2 N–H and O–H groups in total. The lowest BCUT2D eigenvalue weighted by molar-refractivity contribution is 0.0698. The Bertz CT molecular complexity index is 1440. The van der Waals surface area contributed by atoms with Crippen molar-refractivity contribution in [2.75, 3.05) is 0 Å². The Balaban J connectivity index is 1.59. The molecule has 0 atom stereocenters. The van der Waals surface area contributed by atoms with Crippen LogP contribution in [0.4, 0.5) is 4.39 Å². The van der Waals surface area contributed by atoms with E-state index in [2.05, 4.69) is 15.1 Å². The van der Waals surface area contributed by atoms with Crippen LogP contribution in [0.1, 0.15) is 10.4 Å². The van der Waals surface area contributed by atoms with E-state index < -0.39 is 5.97 Å². The van der Waals surface area contributed by atoms with E-state index in [1.807, 2.05) is 12.1 Å². The number of pyridine rings is 1. The molecule has 2 aromatic carbocycles. The molecule has 7 nitrogen and oxygen atoms in total. The maximum atomic E-state index is 13.4. The molecule has 8 heteroatoms. The number of carboxylic acid groups (broad SMARTS) is 1. The Morgan fingerprint density at radius 2 is 1.97 bits per heavy atom. The molecule has 3 heterocycles. The number of H-pyrrole nitrogens is 1. The van der Waals surface area contributed by atoms with E-state index >= 15 is 0 Å². The topological polar surface area (TPSA) is 93.0 Å². The SMILES string of the molecule is Cn1nc(-c2cc3nccc(C(=O)O)c3[nH]2)c2ccc(Oc3cccc(F)c3)cc21. The number of hydrogen-bond acceptors (Lipinski definition) is 4. The number of ether oxygens (including phenoxy) is 1. The van der Waals surface area contributed by atoms with Crippen LogP contribution in [0.25, 0.3) is 33.3 Å². The zero-order valence-electron chi connectivity index (χ0n) is 15.8. The molecular formula is C22H15FN4O3. The molecular weight excluding hydrogens is 387 g/mol. The van der Waals surface area contributed by atoms with Crippen LogP contribution in [-0.4, -0.2) is 30.8 Å². The smallest absolute Gasteiger partial charge is 0.337 e. The molecule has 30 heavy (non-hydrogen) atoms. The summed E-state index contributed by atoms with van der Waals surface area (Å²) >= 11 is 0. The Hall–Kier alpha value is -4.20. The summed E-state index contributed by atoms with van der Waals surface area (Å²) in [6.07, 6.45) is 1.47. The first-order chi connectivity index (χ1) is 14.5. The van der Waals surface area contributed by atoms with E-state index in [0.717, 1.165) is 10.9 Å². The minimum absolute atomic E-state index is 0.150. The largest absolute Gasteiger partial charge is 0.478 e. The highest BCUT2D eigenvalue weighted by molar-refractivity contribution is 6.03. The number of nitrogens with one attached hydrogen (secondary N) is 1. The molecule has 0 saturated carbocycles. The number of benzene rings is 2. The third-order valence-electron chi connectivity index (χ3n) is 4.86. The zero-order chi connectivity index (χ0) is 20.8. The molecule has 0 spiro atoms. The Morgan fingerprint density at radius 1 is 1.13 bits per heavy atom. The maximum Gasteiger partial charge on any atom is 0.337 e. The molecule has 0 bridgehead atoms. The number of aromatic nitrogens is 4. The number of aromatic carboxylic acids is 1. The average Bonchev–Trinajstić information content (AvgIpc) is 3.29. The standard InChI is InChI=1S/C22H15FN4O3/c1-27-19-10-14(30-13-4-2-3-12(23)9-13)5-6-15(19)21(26-27)18-11-17-20(25-18)16(22(28)29)7-8-24-17/h2-11,25H,1H3,(H,28,29). The van der Waals surface area contributed by atoms with E-state index in [1.54, 1.807) is 36.0 Å². The molecule has 0 saturated heterocycles. The third kappa shape index (κ3) is 2.95. The first-order valence-corrected chi connectivity index (χ1v) is 9.11. The molecule has 0 aliphatic rings. The van der Waals surface area contributed by atoms with Crippen LogP contribution < -0.4 is 4.74 Å². The van der Waals surface area contributed by atoms with Gasteiger partial charge >= 0.3 is 5.97 Å². The molecule has 5 aromatic rings. The van der Waals surface area contributed by atoms with Gasteiger partial charge in [0.05, 0.1) is 27.8 Å². The van der Waals surface area contributed by atoms with Gasteiger partial charge in [-0.15, -0.1) is 0 Å². The lowest BCUT2D eigenvalue weighted by atomic mass is 10.1. The van der Waals surface area contributed by atoms with E-state index in [0.29, 0.717) is 33.9 Å². The Morgan fingerprint density at radius 3 is 2.77 bits per heavy atom. The van der Waals surface area contributed by atoms with Gasteiger partial charge in [-0.2, -0.15) is 5.10 Å². The fourth-order valence-electron chi connectivity index (χ4n) is 3.50. The number of hydrogen-bond donors (Lipinski definition) is 2. The summed E-state index contributed by atoms with van der Waals surface area (Å²) in [5, 5.41) is 14.8. The van der Waals surface area contributed by atoms with Gasteiger partial charge in [0.15, 0.2) is 0 Å². The highest BCUT2D eigenvalue weighted by Crippen LogP contribution is 2.33. The van der Waals surface area contributed by atoms with E-state index in [-0.39, 0.29) is 11.4 Å². The van der Waals surface area contributed by atoms with E-state index in [1.165, 1.54) is 24.4 Å². The summed E-state index contributed by atoms with van der Waals surface area (Å²) < 4.78 is 20.9.